The second-order valence-electron chi connectivity index (χ2n) is 6.30. The Morgan fingerprint density at radius 1 is 1.45 bits per heavy atom. The molecule has 22 heavy (non-hydrogen) atoms. The third kappa shape index (κ3) is 4.04. The van der Waals surface area contributed by atoms with Gasteiger partial charge < -0.3 is 19.9 Å². The van der Waals surface area contributed by atoms with Gasteiger partial charge in [0, 0.05) is 18.7 Å². The van der Waals surface area contributed by atoms with Gasteiger partial charge in [-0.2, -0.15) is 0 Å². The van der Waals surface area contributed by atoms with Crippen molar-refractivity contribution in [2.45, 2.75) is 43.4 Å². The van der Waals surface area contributed by atoms with Crippen molar-refractivity contribution in [3.63, 3.8) is 0 Å². The molecule has 3 rings (SSSR count). The van der Waals surface area contributed by atoms with Crippen LogP contribution in [0.5, 0.6) is 0 Å². The first-order valence-electron chi connectivity index (χ1n) is 8.06. The molecule has 4 nitrogen and oxygen atoms in total. The first-order chi connectivity index (χ1) is 10.7. The molecule has 2 unspecified atom stereocenters. The van der Waals surface area contributed by atoms with Gasteiger partial charge in [-0.15, -0.1) is 0 Å². The summed E-state index contributed by atoms with van der Waals surface area (Å²) in [5.74, 6) is -0.217. The first kappa shape index (κ1) is 15.9. The number of aliphatic hydroxyl groups is 1. The average molecular weight is 309 g/mol. The Morgan fingerprint density at radius 3 is 3.00 bits per heavy atom. The summed E-state index contributed by atoms with van der Waals surface area (Å²) in [5.41, 5.74) is 0.789. The zero-order valence-corrected chi connectivity index (χ0v) is 12.8. The summed E-state index contributed by atoms with van der Waals surface area (Å²) < 4.78 is 24.3. The molecule has 1 aliphatic heterocycles. The number of hydrogen-bond donors (Lipinski definition) is 2. The minimum Gasteiger partial charge on any atom is -0.389 e. The molecule has 1 saturated heterocycles. The highest BCUT2D eigenvalue weighted by atomic mass is 19.1. The van der Waals surface area contributed by atoms with Gasteiger partial charge in [0.25, 0.3) is 0 Å². The maximum atomic E-state index is 13.3. The lowest BCUT2D eigenvalue weighted by Crippen LogP contribution is -2.38. The van der Waals surface area contributed by atoms with Crippen LogP contribution in [0, 0.1) is 5.82 Å². The molecular weight excluding hydrogens is 285 g/mol. The number of aliphatic hydroxyl groups excluding tert-OH is 1. The van der Waals surface area contributed by atoms with Crippen LogP contribution in [-0.2, 0) is 15.0 Å². The standard InChI is InChI=1S/C17H24FNO3/c18-14-4-1-3-13(9-14)17(6-7-17)19-10-15(20)11-21-12-16-5-2-8-22-16/h1,3-4,9,15-16,19-20H,2,5-8,10-12H2. The van der Waals surface area contributed by atoms with E-state index in [1.54, 1.807) is 12.1 Å². The summed E-state index contributed by atoms with van der Waals surface area (Å²) in [5, 5.41) is 13.4. The Bertz CT molecular complexity index is 487. The summed E-state index contributed by atoms with van der Waals surface area (Å²) in [6.45, 7) is 2.11. The van der Waals surface area contributed by atoms with Crippen molar-refractivity contribution in [3.8, 4) is 0 Å². The van der Waals surface area contributed by atoms with E-state index in [9.17, 15) is 9.50 Å². The number of hydrogen-bond acceptors (Lipinski definition) is 4. The van der Waals surface area contributed by atoms with Crippen LogP contribution in [0.2, 0.25) is 0 Å². The monoisotopic (exact) mass is 309 g/mol. The quantitative estimate of drug-likeness (QED) is 0.771. The predicted molar refractivity (Wildman–Crippen MR) is 81.1 cm³/mol. The number of benzene rings is 1. The van der Waals surface area contributed by atoms with E-state index in [0.29, 0.717) is 19.8 Å². The Balaban J connectivity index is 1.40. The maximum Gasteiger partial charge on any atom is 0.123 e. The van der Waals surface area contributed by atoms with Crippen LogP contribution in [-0.4, -0.2) is 43.7 Å². The summed E-state index contributed by atoms with van der Waals surface area (Å²) >= 11 is 0. The first-order valence-corrected chi connectivity index (χ1v) is 8.06. The molecule has 2 aliphatic rings. The zero-order chi connectivity index (χ0) is 15.4. The molecule has 2 fully saturated rings. The average Bonchev–Trinajstić information content (AvgIpc) is 3.14. The molecule has 0 bridgehead atoms. The smallest absolute Gasteiger partial charge is 0.123 e. The lowest BCUT2D eigenvalue weighted by molar-refractivity contribution is -0.0171. The Hall–Kier alpha value is -1.01. The molecule has 5 heteroatoms. The van der Waals surface area contributed by atoms with Gasteiger partial charge in [0.05, 0.1) is 25.4 Å². The fraction of sp³-hybridized carbons (Fsp3) is 0.647. The number of ether oxygens (including phenoxy) is 2. The van der Waals surface area contributed by atoms with Crippen molar-refractivity contribution in [2.24, 2.45) is 0 Å². The fourth-order valence-corrected chi connectivity index (χ4v) is 2.96. The maximum absolute atomic E-state index is 13.3. The highest BCUT2D eigenvalue weighted by Gasteiger charge is 2.44. The SMILES string of the molecule is OC(CNC1(c2cccc(F)c2)CC1)COCC1CCCO1. The number of halogens is 1. The molecule has 1 heterocycles. The Labute approximate surface area is 130 Å². The number of nitrogens with one attached hydrogen (secondary N) is 1. The molecular formula is C17H24FNO3. The molecule has 122 valence electrons. The van der Waals surface area contributed by atoms with E-state index in [4.69, 9.17) is 9.47 Å². The van der Waals surface area contributed by atoms with Crippen LogP contribution in [0.4, 0.5) is 4.39 Å². The molecule has 1 aliphatic carbocycles. The summed E-state index contributed by atoms with van der Waals surface area (Å²) in [7, 11) is 0. The van der Waals surface area contributed by atoms with Gasteiger partial charge in [-0.3, -0.25) is 0 Å². The van der Waals surface area contributed by atoms with Gasteiger partial charge in [0.15, 0.2) is 0 Å². The van der Waals surface area contributed by atoms with Gasteiger partial charge in [0.1, 0.15) is 5.82 Å². The summed E-state index contributed by atoms with van der Waals surface area (Å²) in [6, 6.07) is 6.69. The molecule has 0 aromatic heterocycles. The predicted octanol–water partition coefficient (Wildman–Crippen LogP) is 1.96. The van der Waals surface area contributed by atoms with Gasteiger partial charge >= 0.3 is 0 Å². The molecule has 1 aromatic rings. The van der Waals surface area contributed by atoms with E-state index in [-0.39, 0.29) is 17.5 Å². The topological polar surface area (TPSA) is 50.7 Å². The van der Waals surface area contributed by atoms with E-state index in [0.717, 1.165) is 37.9 Å². The van der Waals surface area contributed by atoms with Crippen LogP contribution in [0.15, 0.2) is 24.3 Å². The largest absolute Gasteiger partial charge is 0.389 e. The van der Waals surface area contributed by atoms with Crippen LogP contribution < -0.4 is 5.32 Å². The van der Waals surface area contributed by atoms with Gasteiger partial charge in [0.2, 0.25) is 0 Å². The molecule has 0 spiro atoms. The van der Waals surface area contributed by atoms with Crippen LogP contribution in [0.3, 0.4) is 0 Å². The lowest BCUT2D eigenvalue weighted by Gasteiger charge is -2.21. The molecule has 2 atom stereocenters. The van der Waals surface area contributed by atoms with Gasteiger partial charge in [-0.1, -0.05) is 12.1 Å². The third-order valence-electron chi connectivity index (χ3n) is 4.44. The highest BCUT2D eigenvalue weighted by Crippen LogP contribution is 2.45. The minimum absolute atomic E-state index is 0.169. The van der Waals surface area contributed by atoms with E-state index < -0.39 is 6.10 Å². The Kier molecular flexibility index (Phi) is 5.08. The zero-order valence-electron chi connectivity index (χ0n) is 12.8. The van der Waals surface area contributed by atoms with Gasteiger partial charge in [-0.25, -0.2) is 4.39 Å². The third-order valence-corrected chi connectivity index (χ3v) is 4.44. The van der Waals surface area contributed by atoms with Crippen molar-refractivity contribution in [1.82, 2.24) is 5.32 Å². The molecule has 0 amide bonds. The molecule has 1 aromatic carbocycles. The number of rotatable bonds is 8. The van der Waals surface area contributed by atoms with Gasteiger partial charge in [-0.05, 0) is 43.4 Å². The van der Waals surface area contributed by atoms with Crippen molar-refractivity contribution >= 4 is 0 Å². The second kappa shape index (κ2) is 7.04. The van der Waals surface area contributed by atoms with Crippen LogP contribution >= 0.6 is 0 Å². The van der Waals surface area contributed by atoms with E-state index in [1.165, 1.54) is 6.07 Å². The van der Waals surface area contributed by atoms with Crippen molar-refractivity contribution < 1.29 is 19.0 Å². The fourth-order valence-electron chi connectivity index (χ4n) is 2.96. The molecule has 0 radical (unpaired) electrons. The van der Waals surface area contributed by atoms with Crippen LogP contribution in [0.1, 0.15) is 31.2 Å². The van der Waals surface area contributed by atoms with E-state index >= 15 is 0 Å². The summed E-state index contributed by atoms with van der Waals surface area (Å²) in [4.78, 5) is 0. The van der Waals surface area contributed by atoms with Crippen molar-refractivity contribution in [3.05, 3.63) is 35.6 Å². The van der Waals surface area contributed by atoms with E-state index in [1.807, 2.05) is 6.07 Å². The molecule has 2 N–H and O–H groups in total. The normalized spacial score (nSPS) is 24.4. The second-order valence-corrected chi connectivity index (χ2v) is 6.30. The van der Waals surface area contributed by atoms with Crippen molar-refractivity contribution in [2.75, 3.05) is 26.4 Å². The minimum atomic E-state index is -0.563. The van der Waals surface area contributed by atoms with Crippen LogP contribution in [0.25, 0.3) is 0 Å². The van der Waals surface area contributed by atoms with E-state index in [2.05, 4.69) is 5.32 Å². The molecule has 1 saturated carbocycles. The summed E-state index contributed by atoms with van der Waals surface area (Å²) in [6.07, 6.45) is 3.69. The highest BCUT2D eigenvalue weighted by molar-refractivity contribution is 5.30. The van der Waals surface area contributed by atoms with Crippen molar-refractivity contribution in [1.29, 1.82) is 0 Å². The lowest BCUT2D eigenvalue weighted by atomic mass is 10.0. The Morgan fingerprint density at radius 2 is 2.32 bits per heavy atom.